The molecule has 1 unspecified atom stereocenters. The summed E-state index contributed by atoms with van der Waals surface area (Å²) in [6, 6.07) is 9.94. The number of ether oxygens (including phenoxy) is 2. The lowest BCUT2D eigenvalue weighted by Crippen LogP contribution is -2.26. The van der Waals surface area contributed by atoms with Crippen LogP contribution in [0.1, 0.15) is 27.0 Å². The van der Waals surface area contributed by atoms with Gasteiger partial charge in [-0.1, -0.05) is 12.1 Å². The highest BCUT2D eigenvalue weighted by Gasteiger charge is 2.35. The van der Waals surface area contributed by atoms with Gasteiger partial charge in [0.2, 0.25) is 5.95 Å². The predicted molar refractivity (Wildman–Crippen MR) is 148 cm³/mol. The molecule has 14 heteroatoms. The molecule has 0 radical (unpaired) electrons. The fraction of sp³-hybridized carbons (Fsp3) is 0.346. The average Bonchev–Trinajstić information content (AvgIpc) is 2.91. The zero-order valence-corrected chi connectivity index (χ0v) is 23.5. The van der Waals surface area contributed by atoms with E-state index in [0.29, 0.717) is 41.9 Å². The zero-order chi connectivity index (χ0) is 29.4. The molecule has 2 aromatic carbocycles. The number of aromatic nitrogens is 2. The first-order valence-electron chi connectivity index (χ1n) is 12.0. The first kappa shape index (κ1) is 30.6. The first-order chi connectivity index (χ1) is 18.9. The molecule has 1 amide bonds. The maximum atomic E-state index is 13.8. The van der Waals surface area contributed by atoms with Crippen LogP contribution in [0.3, 0.4) is 0 Å². The molecular formula is C26H31F3N6O4S. The van der Waals surface area contributed by atoms with E-state index < -0.39 is 28.5 Å². The van der Waals surface area contributed by atoms with Gasteiger partial charge in [0, 0.05) is 45.3 Å². The Balaban J connectivity index is 1.88. The van der Waals surface area contributed by atoms with Gasteiger partial charge in [0.25, 0.3) is 5.91 Å². The van der Waals surface area contributed by atoms with Gasteiger partial charge in [0.15, 0.2) is 0 Å². The largest absolute Gasteiger partial charge is 0.495 e. The Bertz CT molecular complexity index is 1370. The maximum absolute atomic E-state index is 13.8. The van der Waals surface area contributed by atoms with Crippen LogP contribution >= 0.6 is 0 Å². The Morgan fingerprint density at radius 2 is 1.90 bits per heavy atom. The number of rotatable bonds is 12. The third-order valence-electron chi connectivity index (χ3n) is 5.81. The van der Waals surface area contributed by atoms with E-state index in [1.807, 2.05) is 19.1 Å². The van der Waals surface area contributed by atoms with E-state index in [-0.39, 0.29) is 24.1 Å². The molecule has 1 heterocycles. The van der Waals surface area contributed by atoms with E-state index in [2.05, 4.69) is 25.9 Å². The van der Waals surface area contributed by atoms with E-state index >= 15 is 0 Å². The van der Waals surface area contributed by atoms with Crippen molar-refractivity contribution in [2.75, 3.05) is 55.6 Å². The molecule has 10 nitrogen and oxygen atoms in total. The Hall–Kier alpha value is -3.91. The van der Waals surface area contributed by atoms with Crippen molar-refractivity contribution in [2.24, 2.45) is 0 Å². The van der Waals surface area contributed by atoms with Crippen LogP contribution in [0.4, 0.5) is 36.3 Å². The molecule has 3 rings (SSSR count). The monoisotopic (exact) mass is 580 g/mol. The third kappa shape index (κ3) is 7.82. The molecule has 3 aromatic rings. The van der Waals surface area contributed by atoms with Gasteiger partial charge in [0.05, 0.1) is 25.1 Å². The molecule has 0 aliphatic heterocycles. The molecule has 40 heavy (non-hydrogen) atoms. The lowest BCUT2D eigenvalue weighted by molar-refractivity contribution is -0.137. The van der Waals surface area contributed by atoms with Crippen molar-refractivity contribution >= 4 is 40.0 Å². The lowest BCUT2D eigenvalue weighted by Gasteiger charge is -2.21. The SMILES string of the molecule is COCCNC(=O)c1ccc(Nc2ncc(C(F)(F)F)c(NCc3ccc(C)cc3N(C)S(C)=O)n2)c(OC)c1. The topological polar surface area (TPSA) is 118 Å². The maximum Gasteiger partial charge on any atom is 0.421 e. The number of hydrogen-bond acceptors (Lipinski definition) is 8. The molecular weight excluding hydrogens is 549 g/mol. The summed E-state index contributed by atoms with van der Waals surface area (Å²) in [4.78, 5) is 20.3. The number of hydrogen-bond donors (Lipinski definition) is 3. The molecule has 0 spiro atoms. The minimum Gasteiger partial charge on any atom is -0.495 e. The molecule has 0 saturated carbocycles. The summed E-state index contributed by atoms with van der Waals surface area (Å²) < 4.78 is 65.3. The fourth-order valence-electron chi connectivity index (χ4n) is 3.64. The van der Waals surface area contributed by atoms with E-state index in [1.54, 1.807) is 13.1 Å². The van der Waals surface area contributed by atoms with Crippen LogP contribution in [0.25, 0.3) is 0 Å². The molecule has 0 saturated heterocycles. The highest BCUT2D eigenvalue weighted by molar-refractivity contribution is 7.85. The van der Waals surface area contributed by atoms with Crippen LogP contribution in [-0.4, -0.2) is 60.8 Å². The van der Waals surface area contributed by atoms with Gasteiger partial charge in [-0.15, -0.1) is 0 Å². The molecule has 0 fully saturated rings. The second-order valence-electron chi connectivity index (χ2n) is 8.65. The molecule has 0 bridgehead atoms. The number of carbonyl (C=O) groups excluding carboxylic acids is 1. The first-order valence-corrected chi connectivity index (χ1v) is 13.5. The normalized spacial score (nSPS) is 12.0. The van der Waals surface area contributed by atoms with Gasteiger partial charge in [-0.2, -0.15) is 18.2 Å². The number of carbonyl (C=O) groups is 1. The number of aryl methyl sites for hydroxylation is 1. The fourth-order valence-corrected chi connectivity index (χ4v) is 4.09. The molecule has 0 aliphatic carbocycles. The van der Waals surface area contributed by atoms with Crippen LogP contribution in [0.2, 0.25) is 0 Å². The van der Waals surface area contributed by atoms with E-state index in [0.717, 1.165) is 5.56 Å². The van der Waals surface area contributed by atoms with E-state index in [1.165, 1.54) is 43.0 Å². The number of anilines is 4. The smallest absolute Gasteiger partial charge is 0.421 e. The van der Waals surface area contributed by atoms with E-state index in [9.17, 15) is 22.2 Å². The van der Waals surface area contributed by atoms with Crippen LogP contribution in [0.15, 0.2) is 42.6 Å². The van der Waals surface area contributed by atoms with Gasteiger partial charge in [-0.3, -0.25) is 9.10 Å². The van der Waals surface area contributed by atoms with Gasteiger partial charge in [-0.05, 0) is 42.3 Å². The summed E-state index contributed by atoms with van der Waals surface area (Å²) in [6.45, 7) is 2.52. The number of nitrogens with one attached hydrogen (secondary N) is 3. The van der Waals surface area contributed by atoms with Gasteiger partial charge in [-0.25, -0.2) is 9.19 Å². The van der Waals surface area contributed by atoms with Crippen molar-refractivity contribution in [3.05, 3.63) is 64.8 Å². The van der Waals surface area contributed by atoms with Crippen LogP contribution in [-0.2, 0) is 28.4 Å². The van der Waals surface area contributed by atoms with Crippen LogP contribution in [0.5, 0.6) is 5.75 Å². The summed E-state index contributed by atoms with van der Waals surface area (Å²) in [7, 11) is 3.23. The summed E-state index contributed by atoms with van der Waals surface area (Å²) in [5.74, 6) is -0.642. The van der Waals surface area contributed by atoms with Gasteiger partial charge < -0.3 is 25.4 Å². The Labute approximate surface area is 232 Å². The highest BCUT2D eigenvalue weighted by Crippen LogP contribution is 2.35. The van der Waals surface area contributed by atoms with Crippen molar-refractivity contribution in [1.82, 2.24) is 15.3 Å². The van der Waals surface area contributed by atoms with Crippen molar-refractivity contribution in [3.63, 3.8) is 0 Å². The standard InChI is InChI=1S/C26H31F3N6O4S/c1-16-6-7-18(21(12-16)35(2)40(5)37)14-31-23-19(26(27,28)29)15-32-25(34-23)33-20-9-8-17(13-22(20)39-4)24(36)30-10-11-38-3/h6-9,12-13,15H,10-11,14H2,1-5H3,(H,30,36)(H2,31,32,33,34). The predicted octanol–water partition coefficient (Wildman–Crippen LogP) is 4.27. The summed E-state index contributed by atoms with van der Waals surface area (Å²) >= 11 is 0. The highest BCUT2D eigenvalue weighted by atomic mass is 32.2. The second-order valence-corrected chi connectivity index (χ2v) is 10.0. The summed E-state index contributed by atoms with van der Waals surface area (Å²) in [5.41, 5.74) is 1.77. The Kier molecular flexibility index (Phi) is 10.3. The molecule has 3 N–H and O–H groups in total. The zero-order valence-electron chi connectivity index (χ0n) is 22.7. The second kappa shape index (κ2) is 13.4. The van der Waals surface area contributed by atoms with Crippen molar-refractivity contribution in [3.8, 4) is 5.75 Å². The quantitative estimate of drug-likeness (QED) is 0.272. The van der Waals surface area contributed by atoms with E-state index in [4.69, 9.17) is 9.47 Å². The van der Waals surface area contributed by atoms with Crippen molar-refractivity contribution < 1.29 is 31.6 Å². The minimum atomic E-state index is -4.71. The van der Waals surface area contributed by atoms with Crippen LogP contribution < -0.4 is 25.0 Å². The average molecular weight is 581 g/mol. The Morgan fingerprint density at radius 3 is 2.55 bits per heavy atom. The van der Waals surface area contributed by atoms with Gasteiger partial charge >= 0.3 is 6.18 Å². The lowest BCUT2D eigenvalue weighted by atomic mass is 10.1. The summed E-state index contributed by atoms with van der Waals surface area (Å²) in [6.07, 6.45) is -2.52. The minimum absolute atomic E-state index is 0.0209. The van der Waals surface area contributed by atoms with Crippen molar-refractivity contribution in [2.45, 2.75) is 19.6 Å². The summed E-state index contributed by atoms with van der Waals surface area (Å²) in [5, 5.41) is 8.31. The number of alkyl halides is 3. The molecule has 1 atom stereocenters. The van der Waals surface area contributed by atoms with Crippen molar-refractivity contribution in [1.29, 1.82) is 0 Å². The van der Waals surface area contributed by atoms with Crippen LogP contribution in [0, 0.1) is 6.92 Å². The number of nitrogens with zero attached hydrogens (tertiary/aromatic N) is 3. The number of methoxy groups -OCH3 is 2. The number of halogens is 3. The Morgan fingerprint density at radius 1 is 1.15 bits per heavy atom. The van der Waals surface area contributed by atoms with Gasteiger partial charge in [0.1, 0.15) is 28.1 Å². The number of amides is 1. The number of benzene rings is 2. The molecule has 0 aliphatic rings. The molecule has 1 aromatic heterocycles. The molecule has 216 valence electrons. The third-order valence-corrected chi connectivity index (χ3v) is 6.78.